The Kier molecular flexibility index (Phi) is 4.80. The van der Waals surface area contributed by atoms with Gasteiger partial charge in [0.2, 0.25) is 0 Å². The topological polar surface area (TPSA) is 66.8 Å². The number of carboxylic acid groups (broad SMARTS) is 1. The van der Waals surface area contributed by atoms with E-state index in [0.29, 0.717) is 13.0 Å². The Bertz CT molecular complexity index is 344. The summed E-state index contributed by atoms with van der Waals surface area (Å²) < 4.78 is 5.55. The Hall–Kier alpha value is -1.10. The average Bonchev–Trinajstić information content (AvgIpc) is 2.82. The van der Waals surface area contributed by atoms with E-state index < -0.39 is 5.97 Å². The van der Waals surface area contributed by atoms with E-state index in [1.54, 1.807) is 0 Å². The van der Waals surface area contributed by atoms with Crippen LogP contribution in [-0.4, -0.2) is 47.2 Å². The van der Waals surface area contributed by atoms with Crippen LogP contribution < -0.4 is 0 Å². The largest absolute Gasteiger partial charge is 0.481 e. The molecular formula is C14H23NO4. The predicted octanol–water partition coefficient (Wildman–Crippen LogP) is 1.66. The fourth-order valence-corrected chi connectivity index (χ4v) is 3.06. The fourth-order valence-electron chi connectivity index (χ4n) is 3.06. The zero-order valence-corrected chi connectivity index (χ0v) is 11.5. The minimum absolute atomic E-state index is 0.0695. The van der Waals surface area contributed by atoms with E-state index in [2.05, 4.69) is 0 Å². The number of hydrogen-bond acceptors (Lipinski definition) is 3. The third kappa shape index (κ3) is 3.47. The molecule has 1 amide bonds. The van der Waals surface area contributed by atoms with E-state index >= 15 is 0 Å². The Labute approximate surface area is 113 Å². The quantitative estimate of drug-likeness (QED) is 0.843. The number of piperidine rings is 1. The summed E-state index contributed by atoms with van der Waals surface area (Å²) in [7, 11) is 0. The maximum atomic E-state index is 12.5. The van der Waals surface area contributed by atoms with Crippen LogP contribution in [0.3, 0.4) is 0 Å². The van der Waals surface area contributed by atoms with Gasteiger partial charge in [0.15, 0.2) is 0 Å². The first-order chi connectivity index (χ1) is 9.09. The Morgan fingerprint density at radius 3 is 2.74 bits per heavy atom. The zero-order chi connectivity index (χ0) is 13.8. The number of amides is 1. The summed E-state index contributed by atoms with van der Waals surface area (Å²) in [5.41, 5.74) is 0. The van der Waals surface area contributed by atoms with Crippen molar-refractivity contribution in [2.24, 2.45) is 5.92 Å². The van der Waals surface area contributed by atoms with Crippen molar-refractivity contribution in [1.29, 1.82) is 0 Å². The minimum Gasteiger partial charge on any atom is -0.481 e. The smallest absolute Gasteiger partial charge is 0.303 e. The molecule has 5 heteroatoms. The van der Waals surface area contributed by atoms with E-state index in [-0.39, 0.29) is 30.4 Å². The second-order valence-electron chi connectivity index (χ2n) is 5.67. The number of nitrogens with zero attached hydrogens (tertiary/aromatic N) is 1. The summed E-state index contributed by atoms with van der Waals surface area (Å²) in [5.74, 6) is -0.446. The Morgan fingerprint density at radius 1 is 1.32 bits per heavy atom. The predicted molar refractivity (Wildman–Crippen MR) is 69.7 cm³/mol. The summed E-state index contributed by atoms with van der Waals surface area (Å²) in [6, 6.07) is 0.0775. The monoisotopic (exact) mass is 269 g/mol. The van der Waals surface area contributed by atoms with Crippen molar-refractivity contribution >= 4 is 11.9 Å². The summed E-state index contributed by atoms with van der Waals surface area (Å²) in [6.45, 7) is 3.45. The van der Waals surface area contributed by atoms with Gasteiger partial charge in [-0.1, -0.05) is 6.92 Å². The van der Waals surface area contributed by atoms with Crippen LogP contribution >= 0.6 is 0 Å². The van der Waals surface area contributed by atoms with Gasteiger partial charge in [-0.25, -0.2) is 0 Å². The molecule has 0 aromatic heterocycles. The van der Waals surface area contributed by atoms with Crippen molar-refractivity contribution in [3.05, 3.63) is 0 Å². The lowest BCUT2D eigenvalue weighted by molar-refractivity contribution is -0.147. The molecule has 0 aromatic carbocycles. The van der Waals surface area contributed by atoms with Crippen molar-refractivity contribution < 1.29 is 19.4 Å². The van der Waals surface area contributed by atoms with Gasteiger partial charge in [0.1, 0.15) is 6.10 Å². The van der Waals surface area contributed by atoms with Crippen molar-refractivity contribution in [3.63, 3.8) is 0 Å². The van der Waals surface area contributed by atoms with Gasteiger partial charge in [-0.05, 0) is 38.0 Å². The average molecular weight is 269 g/mol. The first kappa shape index (κ1) is 14.3. The maximum absolute atomic E-state index is 12.5. The number of carbonyl (C=O) groups is 2. The SMILES string of the molecule is CC1CCOC1C(=O)N1CCCCC1CCC(=O)O. The van der Waals surface area contributed by atoms with Gasteiger partial charge >= 0.3 is 5.97 Å². The van der Waals surface area contributed by atoms with Crippen molar-refractivity contribution in [2.75, 3.05) is 13.2 Å². The molecule has 0 radical (unpaired) electrons. The highest BCUT2D eigenvalue weighted by atomic mass is 16.5. The van der Waals surface area contributed by atoms with Gasteiger partial charge in [-0.15, -0.1) is 0 Å². The molecule has 0 spiro atoms. The summed E-state index contributed by atoms with van der Waals surface area (Å²) in [4.78, 5) is 25.1. The number of likely N-dealkylation sites (tertiary alicyclic amines) is 1. The number of carboxylic acids is 1. The molecule has 2 rings (SSSR count). The minimum atomic E-state index is -0.788. The van der Waals surface area contributed by atoms with Crippen molar-refractivity contribution in [3.8, 4) is 0 Å². The van der Waals surface area contributed by atoms with Crippen LogP contribution in [0.4, 0.5) is 0 Å². The third-order valence-corrected chi connectivity index (χ3v) is 4.23. The second kappa shape index (κ2) is 6.37. The van der Waals surface area contributed by atoms with Crippen LogP contribution in [-0.2, 0) is 14.3 Å². The molecular weight excluding hydrogens is 246 g/mol. The number of hydrogen-bond donors (Lipinski definition) is 1. The first-order valence-electron chi connectivity index (χ1n) is 7.23. The molecule has 0 bridgehead atoms. The van der Waals surface area contributed by atoms with Crippen molar-refractivity contribution in [2.45, 2.75) is 57.6 Å². The summed E-state index contributed by atoms with van der Waals surface area (Å²) in [5, 5.41) is 8.79. The molecule has 0 saturated carbocycles. The lowest BCUT2D eigenvalue weighted by Gasteiger charge is -2.37. The fraction of sp³-hybridized carbons (Fsp3) is 0.857. The molecule has 2 saturated heterocycles. The molecule has 2 heterocycles. The molecule has 2 aliphatic heterocycles. The van der Waals surface area contributed by atoms with E-state index in [4.69, 9.17) is 9.84 Å². The van der Waals surface area contributed by atoms with E-state index in [9.17, 15) is 9.59 Å². The van der Waals surface area contributed by atoms with Crippen LogP contribution in [0.25, 0.3) is 0 Å². The van der Waals surface area contributed by atoms with E-state index in [0.717, 1.165) is 32.2 Å². The van der Waals surface area contributed by atoms with Gasteiger partial charge < -0.3 is 14.7 Å². The molecule has 108 valence electrons. The Morgan fingerprint density at radius 2 is 2.11 bits per heavy atom. The van der Waals surface area contributed by atoms with Gasteiger partial charge in [-0.2, -0.15) is 0 Å². The molecule has 1 N–H and O–H groups in total. The second-order valence-corrected chi connectivity index (χ2v) is 5.67. The molecule has 2 aliphatic rings. The highest BCUT2D eigenvalue weighted by Crippen LogP contribution is 2.27. The molecule has 0 aliphatic carbocycles. The highest BCUT2D eigenvalue weighted by Gasteiger charge is 2.37. The molecule has 5 nitrogen and oxygen atoms in total. The highest BCUT2D eigenvalue weighted by molar-refractivity contribution is 5.82. The van der Waals surface area contributed by atoms with Gasteiger partial charge in [-0.3, -0.25) is 9.59 Å². The molecule has 3 atom stereocenters. The van der Waals surface area contributed by atoms with Crippen LogP contribution in [0.2, 0.25) is 0 Å². The molecule has 0 aromatic rings. The lowest BCUT2D eigenvalue weighted by atomic mass is 9.95. The number of rotatable bonds is 4. The summed E-state index contributed by atoms with van der Waals surface area (Å²) in [6.07, 6.45) is 4.32. The van der Waals surface area contributed by atoms with E-state index in [1.165, 1.54) is 0 Å². The number of carbonyl (C=O) groups excluding carboxylic acids is 1. The van der Waals surface area contributed by atoms with Crippen LogP contribution in [0.15, 0.2) is 0 Å². The Balaban J connectivity index is 1.97. The summed E-state index contributed by atoms with van der Waals surface area (Å²) >= 11 is 0. The van der Waals surface area contributed by atoms with Gasteiger partial charge in [0.05, 0.1) is 0 Å². The molecule has 2 fully saturated rings. The van der Waals surface area contributed by atoms with Gasteiger partial charge in [0, 0.05) is 25.6 Å². The first-order valence-corrected chi connectivity index (χ1v) is 7.23. The normalized spacial score (nSPS) is 31.4. The maximum Gasteiger partial charge on any atom is 0.303 e. The van der Waals surface area contributed by atoms with Crippen LogP contribution in [0, 0.1) is 5.92 Å². The van der Waals surface area contributed by atoms with Crippen LogP contribution in [0.5, 0.6) is 0 Å². The number of aliphatic carboxylic acids is 1. The molecule has 3 unspecified atom stereocenters. The van der Waals surface area contributed by atoms with E-state index in [1.807, 2.05) is 11.8 Å². The standard InChI is InChI=1S/C14H23NO4/c1-10-7-9-19-13(10)14(18)15-8-3-2-4-11(15)5-6-12(16)17/h10-11,13H,2-9H2,1H3,(H,16,17). The number of ether oxygens (including phenoxy) is 1. The van der Waals surface area contributed by atoms with Gasteiger partial charge in [0.25, 0.3) is 5.91 Å². The zero-order valence-electron chi connectivity index (χ0n) is 11.5. The van der Waals surface area contributed by atoms with Crippen molar-refractivity contribution in [1.82, 2.24) is 4.90 Å². The van der Waals surface area contributed by atoms with Crippen LogP contribution in [0.1, 0.15) is 45.4 Å². The lowest BCUT2D eigenvalue weighted by Crippen LogP contribution is -2.49. The molecule has 19 heavy (non-hydrogen) atoms. The third-order valence-electron chi connectivity index (χ3n) is 4.23.